The van der Waals surface area contributed by atoms with Crippen molar-refractivity contribution in [2.24, 2.45) is 0 Å². The molecule has 0 radical (unpaired) electrons. The first-order valence-corrected chi connectivity index (χ1v) is 8.74. The number of nitrogens with zero attached hydrogens (tertiary/aromatic N) is 5. The highest BCUT2D eigenvalue weighted by Gasteiger charge is 2.26. The number of nitro groups is 1. The van der Waals surface area contributed by atoms with E-state index in [1.54, 1.807) is 0 Å². The predicted molar refractivity (Wildman–Crippen MR) is 99.9 cm³/mol. The maximum absolute atomic E-state index is 11.6. The Morgan fingerprint density at radius 2 is 2.04 bits per heavy atom. The molecule has 130 valence electrons. The lowest BCUT2D eigenvalue weighted by Crippen LogP contribution is -2.24. The predicted octanol–water partition coefficient (Wildman–Crippen LogP) is 3.89. The molecule has 9 heteroatoms. The van der Waals surface area contributed by atoms with Crippen LogP contribution >= 0.6 is 11.3 Å². The molecule has 0 atom stereocenters. The molecular formula is C16H18N6O2S. The van der Waals surface area contributed by atoms with E-state index in [0.29, 0.717) is 24.0 Å². The van der Waals surface area contributed by atoms with E-state index < -0.39 is 4.92 Å². The summed E-state index contributed by atoms with van der Waals surface area (Å²) in [4.78, 5) is 25.7. The molecule has 3 aromatic rings. The van der Waals surface area contributed by atoms with Crippen molar-refractivity contribution in [2.45, 2.75) is 20.8 Å². The van der Waals surface area contributed by atoms with Gasteiger partial charge in [0.1, 0.15) is 6.33 Å². The Morgan fingerprint density at radius 1 is 1.28 bits per heavy atom. The van der Waals surface area contributed by atoms with Crippen LogP contribution in [-0.4, -0.2) is 33.0 Å². The first-order valence-electron chi connectivity index (χ1n) is 7.92. The van der Waals surface area contributed by atoms with Crippen LogP contribution in [0.4, 0.5) is 22.5 Å². The minimum atomic E-state index is -0.450. The maximum atomic E-state index is 11.6. The number of thiazole rings is 1. The fourth-order valence-electron chi connectivity index (χ4n) is 2.62. The largest absolute Gasteiger partial charge is 0.353 e. The van der Waals surface area contributed by atoms with Crippen LogP contribution in [0, 0.1) is 17.0 Å². The zero-order valence-electron chi connectivity index (χ0n) is 14.2. The lowest BCUT2D eigenvalue weighted by molar-refractivity contribution is -0.383. The van der Waals surface area contributed by atoms with E-state index in [1.807, 2.05) is 43.9 Å². The van der Waals surface area contributed by atoms with E-state index in [4.69, 9.17) is 0 Å². The van der Waals surface area contributed by atoms with Crippen LogP contribution in [-0.2, 0) is 0 Å². The van der Waals surface area contributed by atoms with Crippen LogP contribution < -0.4 is 10.2 Å². The molecule has 1 aromatic carbocycles. The van der Waals surface area contributed by atoms with Crippen LogP contribution in [0.2, 0.25) is 0 Å². The molecule has 0 aliphatic rings. The quantitative estimate of drug-likeness (QED) is 0.527. The molecule has 0 aliphatic heterocycles. The lowest BCUT2D eigenvalue weighted by Gasteiger charge is -2.19. The third kappa shape index (κ3) is 3.22. The molecular weight excluding hydrogens is 340 g/mol. The number of rotatable bonds is 6. The third-order valence-corrected chi connectivity index (χ3v) is 4.83. The number of nitrogens with one attached hydrogen (secondary N) is 1. The van der Waals surface area contributed by atoms with Crippen LogP contribution in [0.5, 0.6) is 0 Å². The van der Waals surface area contributed by atoms with Crippen LogP contribution in [0.15, 0.2) is 24.5 Å². The van der Waals surface area contributed by atoms with Gasteiger partial charge in [0.05, 0.1) is 15.1 Å². The van der Waals surface area contributed by atoms with Crippen molar-refractivity contribution < 1.29 is 4.92 Å². The second-order valence-electron chi connectivity index (χ2n) is 5.39. The Balaban J connectivity index is 2.05. The number of fused-ring (bicyclic) bond motifs is 1. The highest BCUT2D eigenvalue weighted by molar-refractivity contribution is 7.22. The Bertz CT molecular complexity index is 922. The van der Waals surface area contributed by atoms with Gasteiger partial charge in [0.15, 0.2) is 5.13 Å². The molecule has 25 heavy (non-hydrogen) atoms. The maximum Gasteiger partial charge on any atom is 0.353 e. The van der Waals surface area contributed by atoms with Gasteiger partial charge in [-0.3, -0.25) is 10.1 Å². The molecule has 8 nitrogen and oxygen atoms in total. The lowest BCUT2D eigenvalue weighted by atomic mass is 10.2. The van der Waals surface area contributed by atoms with Crippen molar-refractivity contribution in [3.8, 4) is 0 Å². The monoisotopic (exact) mass is 358 g/mol. The summed E-state index contributed by atoms with van der Waals surface area (Å²) in [5.74, 6) is 0.461. The van der Waals surface area contributed by atoms with Crippen molar-refractivity contribution in [1.82, 2.24) is 15.0 Å². The Hall–Kier alpha value is -2.81. The van der Waals surface area contributed by atoms with E-state index in [1.165, 1.54) is 17.7 Å². The standard InChI is InChI=1S/C16H18N6O2S/c1-4-21(5-2)15-13(22(23)24)14(17-9-18-15)20-16-19-12-10(3)7-6-8-11(12)25-16/h6-9H,4-5H2,1-3H3,(H,17,18,19,20). The van der Waals surface area contributed by atoms with Gasteiger partial charge in [-0.05, 0) is 32.4 Å². The highest BCUT2D eigenvalue weighted by atomic mass is 32.1. The van der Waals surface area contributed by atoms with Gasteiger partial charge in [-0.1, -0.05) is 23.5 Å². The normalized spacial score (nSPS) is 10.8. The zero-order valence-corrected chi connectivity index (χ0v) is 15.0. The number of benzene rings is 1. The molecule has 0 saturated heterocycles. The van der Waals surface area contributed by atoms with Crippen LogP contribution in [0.1, 0.15) is 19.4 Å². The van der Waals surface area contributed by atoms with Gasteiger partial charge in [-0.2, -0.15) is 0 Å². The smallest absolute Gasteiger partial charge is 0.351 e. The molecule has 2 heterocycles. The van der Waals surface area contributed by atoms with Crippen LogP contribution in [0.3, 0.4) is 0 Å². The third-order valence-electron chi connectivity index (χ3n) is 3.89. The van der Waals surface area contributed by atoms with Gasteiger partial charge in [-0.25, -0.2) is 15.0 Å². The second kappa shape index (κ2) is 6.98. The van der Waals surface area contributed by atoms with Gasteiger partial charge in [0.2, 0.25) is 11.6 Å². The highest BCUT2D eigenvalue weighted by Crippen LogP contribution is 2.35. The minimum absolute atomic E-state index is 0.137. The summed E-state index contributed by atoms with van der Waals surface area (Å²) in [5, 5.41) is 15.2. The Kier molecular flexibility index (Phi) is 4.75. The molecule has 0 fully saturated rings. The summed E-state index contributed by atoms with van der Waals surface area (Å²) in [6, 6.07) is 5.92. The van der Waals surface area contributed by atoms with Crippen molar-refractivity contribution in [3.63, 3.8) is 0 Å². The molecule has 0 saturated carbocycles. The van der Waals surface area contributed by atoms with Crippen molar-refractivity contribution in [2.75, 3.05) is 23.3 Å². The van der Waals surface area contributed by atoms with E-state index in [0.717, 1.165) is 15.8 Å². The summed E-state index contributed by atoms with van der Waals surface area (Å²) >= 11 is 1.43. The summed E-state index contributed by atoms with van der Waals surface area (Å²) in [6.45, 7) is 7.08. The fraction of sp³-hybridized carbons (Fsp3) is 0.312. The first-order chi connectivity index (χ1) is 12.0. The molecule has 0 aliphatic carbocycles. The zero-order chi connectivity index (χ0) is 18.0. The van der Waals surface area contributed by atoms with Gasteiger partial charge in [-0.15, -0.1) is 0 Å². The van der Waals surface area contributed by atoms with E-state index in [-0.39, 0.29) is 11.5 Å². The number of hydrogen-bond acceptors (Lipinski definition) is 8. The number of aryl methyl sites for hydroxylation is 1. The summed E-state index contributed by atoms with van der Waals surface area (Å²) in [5.41, 5.74) is 1.81. The Morgan fingerprint density at radius 3 is 2.68 bits per heavy atom. The molecule has 2 aromatic heterocycles. The number of hydrogen-bond donors (Lipinski definition) is 1. The summed E-state index contributed by atoms with van der Waals surface area (Å²) in [6.07, 6.45) is 1.33. The molecule has 0 amide bonds. The van der Waals surface area contributed by atoms with Gasteiger partial charge >= 0.3 is 5.69 Å². The number of anilines is 3. The molecule has 1 N–H and O–H groups in total. The first kappa shape index (κ1) is 17.0. The van der Waals surface area contributed by atoms with Crippen molar-refractivity contribution >= 4 is 44.0 Å². The average molecular weight is 358 g/mol. The Labute approximate surface area is 148 Å². The molecule has 0 bridgehead atoms. The summed E-state index contributed by atoms with van der Waals surface area (Å²) < 4.78 is 1.02. The van der Waals surface area contributed by atoms with Gasteiger partial charge in [0.25, 0.3) is 0 Å². The number of para-hydroxylation sites is 1. The van der Waals surface area contributed by atoms with Crippen molar-refractivity contribution in [1.29, 1.82) is 0 Å². The summed E-state index contributed by atoms with van der Waals surface area (Å²) in [7, 11) is 0. The van der Waals surface area contributed by atoms with Crippen molar-refractivity contribution in [3.05, 3.63) is 40.2 Å². The van der Waals surface area contributed by atoms with Crippen LogP contribution in [0.25, 0.3) is 10.2 Å². The van der Waals surface area contributed by atoms with E-state index in [2.05, 4.69) is 20.3 Å². The minimum Gasteiger partial charge on any atom is -0.351 e. The fourth-order valence-corrected chi connectivity index (χ4v) is 3.57. The topological polar surface area (TPSA) is 97.1 Å². The van der Waals surface area contributed by atoms with Gasteiger partial charge < -0.3 is 10.2 Å². The SMILES string of the molecule is CCN(CC)c1ncnc(Nc2nc3c(C)cccc3s2)c1[N+](=O)[O-]. The molecule has 0 spiro atoms. The molecule has 0 unspecified atom stereocenters. The number of aromatic nitrogens is 3. The average Bonchev–Trinajstić information content (AvgIpc) is 3.00. The van der Waals surface area contributed by atoms with E-state index in [9.17, 15) is 10.1 Å². The van der Waals surface area contributed by atoms with E-state index >= 15 is 0 Å². The van der Waals surface area contributed by atoms with Gasteiger partial charge in [0, 0.05) is 13.1 Å². The molecule has 3 rings (SSSR count). The second-order valence-corrected chi connectivity index (χ2v) is 6.42.